The fourth-order valence-corrected chi connectivity index (χ4v) is 2.12. The average Bonchev–Trinajstić information content (AvgIpc) is 2.40. The first kappa shape index (κ1) is 15.4. The molecular weight excluding hydrogens is 262 g/mol. The average molecular weight is 285 g/mol. The first-order chi connectivity index (χ1) is 9.97. The monoisotopic (exact) mass is 285 g/mol. The number of nitrogens with zero attached hydrogens (tertiary/aromatic N) is 2. The van der Waals surface area contributed by atoms with Gasteiger partial charge in [0.15, 0.2) is 5.75 Å². The van der Waals surface area contributed by atoms with Gasteiger partial charge in [0.25, 0.3) is 0 Å². The van der Waals surface area contributed by atoms with Crippen LogP contribution in [0, 0.1) is 20.8 Å². The summed E-state index contributed by atoms with van der Waals surface area (Å²) in [7, 11) is 0. The van der Waals surface area contributed by atoms with E-state index in [-0.39, 0.29) is 0 Å². The zero-order chi connectivity index (χ0) is 15.4. The van der Waals surface area contributed by atoms with Gasteiger partial charge in [-0.2, -0.15) is 0 Å². The molecule has 112 valence electrons. The summed E-state index contributed by atoms with van der Waals surface area (Å²) >= 11 is 0. The topological polar surface area (TPSA) is 47.0 Å². The number of ether oxygens (including phenoxy) is 1. The fraction of sp³-hybridized carbons (Fsp3) is 0.412. The summed E-state index contributed by atoms with van der Waals surface area (Å²) in [5.41, 5.74) is 4.10. The SMILES string of the molecule is Cc1cc(C)c(CNC(C)C)c(Oc2cccnc2C)n1. The molecule has 0 atom stereocenters. The van der Waals surface area contributed by atoms with Gasteiger partial charge < -0.3 is 10.1 Å². The van der Waals surface area contributed by atoms with Crippen LogP contribution >= 0.6 is 0 Å². The van der Waals surface area contributed by atoms with Crippen molar-refractivity contribution in [1.29, 1.82) is 0 Å². The van der Waals surface area contributed by atoms with Gasteiger partial charge in [-0.3, -0.25) is 4.98 Å². The van der Waals surface area contributed by atoms with Gasteiger partial charge in [-0.15, -0.1) is 0 Å². The van der Waals surface area contributed by atoms with Crippen LogP contribution < -0.4 is 10.1 Å². The standard InChI is InChI=1S/C17H23N3O/c1-11(2)19-10-15-12(3)9-13(4)20-17(15)21-16-7-6-8-18-14(16)5/h6-9,11,19H,10H2,1-5H3. The molecule has 2 rings (SSSR count). The largest absolute Gasteiger partial charge is 0.437 e. The minimum atomic E-state index is 0.415. The normalized spacial score (nSPS) is 11.0. The molecule has 0 aliphatic heterocycles. The second kappa shape index (κ2) is 6.68. The molecule has 4 heteroatoms. The van der Waals surface area contributed by atoms with E-state index in [2.05, 4.69) is 42.1 Å². The Morgan fingerprint density at radius 3 is 2.67 bits per heavy atom. The quantitative estimate of drug-likeness (QED) is 0.910. The summed E-state index contributed by atoms with van der Waals surface area (Å²) in [6.07, 6.45) is 1.76. The molecular formula is C17H23N3O. The van der Waals surface area contributed by atoms with Crippen molar-refractivity contribution in [3.63, 3.8) is 0 Å². The number of hydrogen-bond acceptors (Lipinski definition) is 4. The molecule has 2 aromatic rings. The van der Waals surface area contributed by atoms with Crippen molar-refractivity contribution in [1.82, 2.24) is 15.3 Å². The predicted molar refractivity (Wildman–Crippen MR) is 84.7 cm³/mol. The summed E-state index contributed by atoms with van der Waals surface area (Å²) < 4.78 is 6.02. The van der Waals surface area contributed by atoms with Gasteiger partial charge in [-0.05, 0) is 44.5 Å². The van der Waals surface area contributed by atoms with Crippen molar-refractivity contribution in [2.45, 2.75) is 47.2 Å². The van der Waals surface area contributed by atoms with E-state index in [0.717, 1.165) is 29.2 Å². The number of aromatic nitrogens is 2. The Morgan fingerprint density at radius 2 is 2.00 bits per heavy atom. The molecule has 0 aliphatic carbocycles. The third-order valence-corrected chi connectivity index (χ3v) is 3.29. The maximum absolute atomic E-state index is 6.02. The molecule has 0 saturated carbocycles. The molecule has 0 saturated heterocycles. The summed E-state index contributed by atoms with van der Waals surface area (Å²) in [6.45, 7) is 11.0. The van der Waals surface area contributed by atoms with Crippen molar-refractivity contribution in [3.05, 3.63) is 46.9 Å². The van der Waals surface area contributed by atoms with Crippen LogP contribution in [0.4, 0.5) is 0 Å². The summed E-state index contributed by atoms with van der Waals surface area (Å²) in [4.78, 5) is 8.81. The molecule has 0 radical (unpaired) electrons. The van der Waals surface area contributed by atoms with Crippen LogP contribution in [0.2, 0.25) is 0 Å². The van der Waals surface area contributed by atoms with Crippen LogP contribution in [0.25, 0.3) is 0 Å². The van der Waals surface area contributed by atoms with E-state index in [1.807, 2.05) is 26.0 Å². The third kappa shape index (κ3) is 4.02. The Hall–Kier alpha value is -1.94. The lowest BCUT2D eigenvalue weighted by Crippen LogP contribution is -2.23. The maximum Gasteiger partial charge on any atom is 0.224 e. The zero-order valence-corrected chi connectivity index (χ0v) is 13.4. The lowest BCUT2D eigenvalue weighted by molar-refractivity contribution is 0.442. The van der Waals surface area contributed by atoms with Crippen LogP contribution in [0.3, 0.4) is 0 Å². The van der Waals surface area contributed by atoms with Gasteiger partial charge >= 0.3 is 0 Å². The molecule has 0 amide bonds. The number of pyridine rings is 2. The van der Waals surface area contributed by atoms with Gasteiger partial charge in [0, 0.05) is 30.0 Å². The smallest absolute Gasteiger partial charge is 0.224 e. The predicted octanol–water partition coefficient (Wildman–Crippen LogP) is 3.69. The Morgan fingerprint density at radius 1 is 1.24 bits per heavy atom. The highest BCUT2D eigenvalue weighted by molar-refractivity contribution is 5.39. The summed E-state index contributed by atoms with van der Waals surface area (Å²) in [6, 6.07) is 6.29. The van der Waals surface area contributed by atoms with Gasteiger partial charge in [0.1, 0.15) is 0 Å². The molecule has 1 N–H and O–H groups in total. The minimum absolute atomic E-state index is 0.415. The van der Waals surface area contributed by atoms with Crippen LogP contribution in [-0.2, 0) is 6.54 Å². The van der Waals surface area contributed by atoms with E-state index in [4.69, 9.17) is 4.74 Å². The molecule has 0 aliphatic rings. The molecule has 0 spiro atoms. The molecule has 0 unspecified atom stereocenters. The van der Waals surface area contributed by atoms with Crippen molar-refractivity contribution in [2.24, 2.45) is 0 Å². The molecule has 0 bridgehead atoms. The van der Waals surface area contributed by atoms with Crippen LogP contribution in [0.5, 0.6) is 11.6 Å². The highest BCUT2D eigenvalue weighted by Gasteiger charge is 2.13. The first-order valence-electron chi connectivity index (χ1n) is 7.27. The highest BCUT2D eigenvalue weighted by atomic mass is 16.5. The lowest BCUT2D eigenvalue weighted by atomic mass is 10.1. The Balaban J connectivity index is 2.35. The van der Waals surface area contributed by atoms with Gasteiger partial charge in [0.2, 0.25) is 5.88 Å². The van der Waals surface area contributed by atoms with Crippen molar-refractivity contribution < 1.29 is 4.74 Å². The van der Waals surface area contributed by atoms with E-state index in [1.165, 1.54) is 5.56 Å². The zero-order valence-electron chi connectivity index (χ0n) is 13.4. The molecule has 2 aromatic heterocycles. The number of nitrogens with one attached hydrogen (secondary N) is 1. The first-order valence-corrected chi connectivity index (χ1v) is 7.27. The fourth-order valence-electron chi connectivity index (χ4n) is 2.12. The van der Waals surface area contributed by atoms with Gasteiger partial charge in [-0.1, -0.05) is 13.8 Å². The lowest BCUT2D eigenvalue weighted by Gasteiger charge is -2.16. The van der Waals surface area contributed by atoms with Crippen molar-refractivity contribution in [2.75, 3.05) is 0 Å². The summed E-state index contributed by atoms with van der Waals surface area (Å²) in [5.74, 6) is 1.41. The van der Waals surface area contributed by atoms with E-state index >= 15 is 0 Å². The molecule has 0 fully saturated rings. The van der Waals surface area contributed by atoms with Crippen molar-refractivity contribution in [3.8, 4) is 11.6 Å². The molecule has 21 heavy (non-hydrogen) atoms. The van der Waals surface area contributed by atoms with Crippen molar-refractivity contribution >= 4 is 0 Å². The van der Waals surface area contributed by atoms with E-state index in [0.29, 0.717) is 11.9 Å². The third-order valence-electron chi connectivity index (χ3n) is 3.29. The van der Waals surface area contributed by atoms with E-state index in [9.17, 15) is 0 Å². The maximum atomic E-state index is 6.02. The van der Waals surface area contributed by atoms with Gasteiger partial charge in [0.05, 0.1) is 5.69 Å². The number of aryl methyl sites for hydroxylation is 3. The van der Waals surface area contributed by atoms with Crippen LogP contribution in [0.1, 0.15) is 36.4 Å². The minimum Gasteiger partial charge on any atom is -0.437 e. The molecule has 2 heterocycles. The van der Waals surface area contributed by atoms with Gasteiger partial charge in [-0.25, -0.2) is 4.98 Å². The Kier molecular flexibility index (Phi) is 4.91. The highest BCUT2D eigenvalue weighted by Crippen LogP contribution is 2.27. The number of hydrogen-bond donors (Lipinski definition) is 1. The Bertz CT molecular complexity index is 623. The second-order valence-electron chi connectivity index (χ2n) is 5.59. The van der Waals surface area contributed by atoms with Crippen LogP contribution in [-0.4, -0.2) is 16.0 Å². The van der Waals surface area contributed by atoms with E-state index < -0.39 is 0 Å². The molecule has 4 nitrogen and oxygen atoms in total. The number of rotatable bonds is 5. The van der Waals surface area contributed by atoms with Crippen LogP contribution in [0.15, 0.2) is 24.4 Å². The summed E-state index contributed by atoms with van der Waals surface area (Å²) in [5, 5.41) is 3.43. The Labute approximate surface area is 126 Å². The van der Waals surface area contributed by atoms with E-state index in [1.54, 1.807) is 6.20 Å². The second-order valence-corrected chi connectivity index (χ2v) is 5.59. The molecule has 0 aromatic carbocycles.